The third kappa shape index (κ3) is 3.30. The van der Waals surface area contributed by atoms with Gasteiger partial charge in [0.25, 0.3) is 11.8 Å². The van der Waals surface area contributed by atoms with Gasteiger partial charge < -0.3 is 9.64 Å². The maximum Gasteiger partial charge on any atom is 0.261 e. The van der Waals surface area contributed by atoms with Crippen LogP contribution >= 0.6 is 0 Å². The number of rotatable bonds is 6. The fraction of sp³-hybridized carbons (Fsp3) is 0.208. The first-order chi connectivity index (χ1) is 14.5. The number of amides is 3. The predicted molar refractivity (Wildman–Crippen MR) is 115 cm³/mol. The minimum absolute atomic E-state index is 0.133. The lowest BCUT2D eigenvalue weighted by molar-refractivity contribution is -0.116. The van der Waals surface area contributed by atoms with Crippen LogP contribution in [0.4, 0.5) is 5.69 Å². The van der Waals surface area contributed by atoms with E-state index in [-0.39, 0.29) is 24.3 Å². The minimum atomic E-state index is -0.295. The lowest BCUT2D eigenvalue weighted by atomic mass is 9.94. The molecule has 0 unspecified atom stereocenters. The number of hydrogen-bond acceptors (Lipinski definition) is 4. The summed E-state index contributed by atoms with van der Waals surface area (Å²) in [5, 5.41) is 1.59. The van der Waals surface area contributed by atoms with Gasteiger partial charge in [-0.15, -0.1) is 0 Å². The second-order valence-corrected chi connectivity index (χ2v) is 7.17. The van der Waals surface area contributed by atoms with Crippen molar-refractivity contribution < 1.29 is 19.1 Å². The number of hydrogen-bond donors (Lipinski definition) is 0. The summed E-state index contributed by atoms with van der Waals surface area (Å²) >= 11 is 0. The van der Waals surface area contributed by atoms with Gasteiger partial charge in [-0.3, -0.25) is 19.3 Å². The van der Waals surface area contributed by atoms with Crippen molar-refractivity contribution in [3.8, 4) is 5.75 Å². The first kappa shape index (κ1) is 19.6. The van der Waals surface area contributed by atoms with Gasteiger partial charge >= 0.3 is 0 Å². The monoisotopic (exact) mass is 402 g/mol. The average molecular weight is 402 g/mol. The molecule has 4 rings (SSSR count). The van der Waals surface area contributed by atoms with Crippen molar-refractivity contribution in [2.45, 2.75) is 13.3 Å². The number of carbonyl (C=O) groups excluding carboxylic acids is 3. The highest BCUT2D eigenvalue weighted by atomic mass is 16.5. The molecular formula is C24H22N2O4. The van der Waals surface area contributed by atoms with E-state index in [1.54, 1.807) is 30.2 Å². The van der Waals surface area contributed by atoms with Crippen molar-refractivity contribution in [2.24, 2.45) is 0 Å². The van der Waals surface area contributed by atoms with E-state index in [0.29, 0.717) is 40.9 Å². The zero-order valence-electron chi connectivity index (χ0n) is 16.9. The number of ether oxygens (including phenoxy) is 1. The molecule has 3 amide bonds. The summed E-state index contributed by atoms with van der Waals surface area (Å²) < 4.78 is 5.37. The number of imide groups is 1. The Labute approximate surface area is 174 Å². The summed E-state index contributed by atoms with van der Waals surface area (Å²) in [5.74, 6) is -0.128. The molecule has 1 aliphatic heterocycles. The largest absolute Gasteiger partial charge is 0.495 e. The third-order valence-electron chi connectivity index (χ3n) is 5.38. The molecule has 30 heavy (non-hydrogen) atoms. The van der Waals surface area contributed by atoms with E-state index in [2.05, 4.69) is 0 Å². The van der Waals surface area contributed by atoms with E-state index in [0.717, 1.165) is 5.39 Å². The third-order valence-corrected chi connectivity index (χ3v) is 5.38. The number of carbonyl (C=O) groups is 3. The molecule has 0 saturated heterocycles. The zero-order chi connectivity index (χ0) is 21.3. The Balaban J connectivity index is 1.54. The van der Waals surface area contributed by atoms with Crippen LogP contribution in [0, 0.1) is 0 Å². The van der Waals surface area contributed by atoms with Crippen LogP contribution in [-0.2, 0) is 4.79 Å². The standard InChI is InChI=1S/C24H22N2O4/c1-16(27)25(20-12-3-4-13-21(20)30-2)14-7-15-26-23(28)18-10-5-8-17-9-6-11-19(22(17)18)24(26)29/h3-6,8-13H,7,14-15H2,1-2H3. The highest BCUT2D eigenvalue weighted by Gasteiger charge is 2.32. The van der Waals surface area contributed by atoms with Gasteiger partial charge in [0.1, 0.15) is 5.75 Å². The smallest absolute Gasteiger partial charge is 0.261 e. The van der Waals surface area contributed by atoms with Gasteiger partial charge in [0.2, 0.25) is 5.91 Å². The second kappa shape index (κ2) is 7.99. The van der Waals surface area contributed by atoms with Crippen molar-refractivity contribution in [1.82, 2.24) is 4.90 Å². The lowest BCUT2D eigenvalue weighted by Crippen LogP contribution is -2.42. The molecule has 0 aromatic heterocycles. The van der Waals surface area contributed by atoms with Gasteiger partial charge in [-0.1, -0.05) is 36.4 Å². The van der Waals surface area contributed by atoms with E-state index >= 15 is 0 Å². The first-order valence-electron chi connectivity index (χ1n) is 9.82. The Kier molecular flexibility index (Phi) is 5.23. The second-order valence-electron chi connectivity index (χ2n) is 7.17. The van der Waals surface area contributed by atoms with Crippen LogP contribution < -0.4 is 9.64 Å². The van der Waals surface area contributed by atoms with Gasteiger partial charge in [-0.2, -0.15) is 0 Å². The molecule has 3 aromatic carbocycles. The van der Waals surface area contributed by atoms with Crippen LogP contribution in [0.3, 0.4) is 0 Å². The molecule has 0 atom stereocenters. The van der Waals surface area contributed by atoms with Gasteiger partial charge in [0.15, 0.2) is 0 Å². The fourth-order valence-corrected chi connectivity index (χ4v) is 3.97. The number of nitrogens with zero attached hydrogens (tertiary/aromatic N) is 2. The summed E-state index contributed by atoms with van der Waals surface area (Å²) in [6, 6.07) is 18.2. The molecule has 0 bridgehead atoms. The van der Waals surface area contributed by atoms with Crippen LogP contribution in [0.2, 0.25) is 0 Å². The van der Waals surface area contributed by atoms with E-state index in [9.17, 15) is 14.4 Å². The number of benzene rings is 3. The summed E-state index contributed by atoms with van der Waals surface area (Å²) in [7, 11) is 1.56. The molecule has 0 fully saturated rings. The highest BCUT2D eigenvalue weighted by molar-refractivity contribution is 6.25. The molecule has 0 aliphatic carbocycles. The maximum atomic E-state index is 13.0. The average Bonchev–Trinajstić information content (AvgIpc) is 2.76. The number of methoxy groups -OCH3 is 1. The molecular weight excluding hydrogens is 380 g/mol. The number of anilines is 1. The molecule has 6 heteroatoms. The van der Waals surface area contributed by atoms with Crippen LogP contribution in [0.15, 0.2) is 60.7 Å². The van der Waals surface area contributed by atoms with Crippen LogP contribution in [0.1, 0.15) is 34.1 Å². The lowest BCUT2D eigenvalue weighted by Gasteiger charge is -2.28. The van der Waals surface area contributed by atoms with Gasteiger partial charge in [0.05, 0.1) is 12.8 Å². The molecule has 0 N–H and O–H groups in total. The molecule has 152 valence electrons. The molecule has 1 heterocycles. The van der Waals surface area contributed by atoms with Crippen molar-refractivity contribution in [2.75, 3.05) is 25.1 Å². The SMILES string of the molecule is COc1ccccc1N(CCCN1C(=O)c2cccc3cccc(c23)C1=O)C(C)=O. The molecule has 0 radical (unpaired) electrons. The molecule has 3 aromatic rings. The van der Waals surface area contributed by atoms with E-state index < -0.39 is 0 Å². The molecule has 6 nitrogen and oxygen atoms in total. The minimum Gasteiger partial charge on any atom is -0.495 e. The summed E-state index contributed by atoms with van der Waals surface area (Å²) in [4.78, 5) is 41.1. The van der Waals surface area contributed by atoms with Crippen LogP contribution in [-0.4, -0.2) is 42.8 Å². The number of para-hydroxylation sites is 2. The van der Waals surface area contributed by atoms with Gasteiger partial charge in [-0.25, -0.2) is 0 Å². The predicted octanol–water partition coefficient (Wildman–Crippen LogP) is 3.89. The van der Waals surface area contributed by atoms with E-state index in [4.69, 9.17) is 4.74 Å². The topological polar surface area (TPSA) is 66.9 Å². The van der Waals surface area contributed by atoms with Crippen LogP contribution in [0.5, 0.6) is 5.75 Å². The first-order valence-corrected chi connectivity index (χ1v) is 9.82. The van der Waals surface area contributed by atoms with E-state index in [1.807, 2.05) is 42.5 Å². The summed E-state index contributed by atoms with van der Waals surface area (Å²) in [6.07, 6.45) is 0.452. The Morgan fingerprint density at radius 1 is 0.933 bits per heavy atom. The maximum absolute atomic E-state index is 13.0. The van der Waals surface area contributed by atoms with Gasteiger partial charge in [0, 0.05) is 36.5 Å². The van der Waals surface area contributed by atoms with Crippen molar-refractivity contribution >= 4 is 34.2 Å². The van der Waals surface area contributed by atoms with Crippen LogP contribution in [0.25, 0.3) is 10.8 Å². The Hall–Kier alpha value is -3.67. The summed E-state index contributed by atoms with van der Waals surface area (Å²) in [5.41, 5.74) is 1.74. The normalized spacial score (nSPS) is 12.9. The van der Waals surface area contributed by atoms with Crippen molar-refractivity contribution in [3.05, 3.63) is 71.8 Å². The van der Waals surface area contributed by atoms with Gasteiger partial charge in [-0.05, 0) is 36.1 Å². The van der Waals surface area contributed by atoms with Crippen molar-refractivity contribution in [3.63, 3.8) is 0 Å². The molecule has 0 saturated carbocycles. The Morgan fingerprint density at radius 2 is 1.57 bits per heavy atom. The Bertz CT molecular complexity index is 1100. The Morgan fingerprint density at radius 3 is 2.17 bits per heavy atom. The summed E-state index contributed by atoms with van der Waals surface area (Å²) in [6.45, 7) is 2.07. The fourth-order valence-electron chi connectivity index (χ4n) is 3.97. The zero-order valence-corrected chi connectivity index (χ0v) is 16.9. The van der Waals surface area contributed by atoms with E-state index in [1.165, 1.54) is 11.8 Å². The molecule has 0 spiro atoms. The van der Waals surface area contributed by atoms with Crippen molar-refractivity contribution in [1.29, 1.82) is 0 Å². The quantitative estimate of drug-likeness (QED) is 0.587. The molecule has 1 aliphatic rings. The highest BCUT2D eigenvalue weighted by Crippen LogP contribution is 2.31.